The van der Waals surface area contributed by atoms with Gasteiger partial charge in [-0.05, 0) is 46.5 Å². The van der Waals surface area contributed by atoms with Crippen molar-refractivity contribution in [2.45, 2.75) is 52.1 Å². The van der Waals surface area contributed by atoms with Crippen LogP contribution in [0.25, 0.3) is 0 Å². The summed E-state index contributed by atoms with van der Waals surface area (Å²) in [7, 11) is 0. The van der Waals surface area contributed by atoms with Crippen LogP contribution in [0.4, 0.5) is 0 Å². The third-order valence-electron chi connectivity index (χ3n) is 3.11. The lowest BCUT2D eigenvalue weighted by Crippen LogP contribution is -2.56. The van der Waals surface area contributed by atoms with E-state index in [9.17, 15) is 4.79 Å². The molecule has 1 unspecified atom stereocenters. The molecule has 0 aromatic heterocycles. The van der Waals surface area contributed by atoms with E-state index >= 15 is 0 Å². The van der Waals surface area contributed by atoms with Crippen molar-refractivity contribution < 1.29 is 4.79 Å². The molecule has 2 N–H and O–H groups in total. The number of hydrogen-bond acceptors (Lipinski definition) is 2. The van der Waals surface area contributed by atoms with E-state index in [-0.39, 0.29) is 11.9 Å². The summed E-state index contributed by atoms with van der Waals surface area (Å²) in [4.78, 5) is 14.0. The predicted octanol–water partition coefficient (Wildman–Crippen LogP) is 1.37. The van der Waals surface area contributed by atoms with Gasteiger partial charge in [0.05, 0.1) is 5.54 Å². The van der Waals surface area contributed by atoms with Crippen LogP contribution in [0.15, 0.2) is 0 Å². The van der Waals surface area contributed by atoms with E-state index in [1.165, 1.54) is 0 Å². The van der Waals surface area contributed by atoms with E-state index in [1.54, 1.807) is 0 Å². The van der Waals surface area contributed by atoms with Crippen molar-refractivity contribution in [3.05, 3.63) is 0 Å². The number of nitrogens with zero attached hydrogens (tertiary/aromatic N) is 1. The third-order valence-corrected chi connectivity index (χ3v) is 3.11. The summed E-state index contributed by atoms with van der Waals surface area (Å²) >= 11 is 0. The van der Waals surface area contributed by atoms with Crippen LogP contribution in [0.1, 0.15) is 40.5 Å². The van der Waals surface area contributed by atoms with E-state index in [4.69, 9.17) is 5.73 Å². The quantitative estimate of drug-likeness (QED) is 0.741. The number of amides is 1. The Morgan fingerprint density at radius 3 is 2.36 bits per heavy atom. The Morgan fingerprint density at radius 1 is 1.57 bits per heavy atom. The second-order valence-corrected chi connectivity index (χ2v) is 4.74. The Morgan fingerprint density at radius 2 is 2.07 bits per heavy atom. The normalized spacial score (nSPS) is 20.7. The van der Waals surface area contributed by atoms with Crippen LogP contribution in [0, 0.1) is 5.92 Å². The van der Waals surface area contributed by atoms with Crippen LogP contribution >= 0.6 is 0 Å². The molecule has 0 heterocycles. The van der Waals surface area contributed by atoms with Crippen LogP contribution < -0.4 is 5.73 Å². The van der Waals surface area contributed by atoms with E-state index in [0.29, 0.717) is 5.92 Å². The first-order valence-electron chi connectivity index (χ1n) is 5.51. The summed E-state index contributed by atoms with van der Waals surface area (Å²) in [6.07, 6.45) is 2.21. The minimum absolute atomic E-state index is 0.109. The van der Waals surface area contributed by atoms with Gasteiger partial charge in [-0.2, -0.15) is 0 Å². The molecule has 3 nitrogen and oxygen atoms in total. The fraction of sp³-hybridized carbons (Fsp3) is 0.909. The van der Waals surface area contributed by atoms with Crippen molar-refractivity contribution in [1.82, 2.24) is 4.90 Å². The average molecular weight is 198 g/mol. The van der Waals surface area contributed by atoms with Crippen LogP contribution in [0.3, 0.4) is 0 Å². The third kappa shape index (κ3) is 2.08. The largest absolute Gasteiger partial charge is 0.339 e. The highest BCUT2D eigenvalue weighted by Gasteiger charge is 2.45. The van der Waals surface area contributed by atoms with Gasteiger partial charge in [-0.1, -0.05) is 0 Å². The summed E-state index contributed by atoms with van der Waals surface area (Å²) in [6.45, 7) is 8.68. The number of hydrogen-bond donors (Lipinski definition) is 1. The maximum atomic E-state index is 12.1. The number of carbonyl (C=O) groups excluding carboxylic acids is 1. The number of likely N-dealkylation sites (N-methyl/N-ethyl adjacent to an activating group) is 1. The average Bonchev–Trinajstić information content (AvgIpc) is 2.86. The molecule has 3 heteroatoms. The summed E-state index contributed by atoms with van der Waals surface area (Å²) in [5, 5.41) is 0. The lowest BCUT2D eigenvalue weighted by Gasteiger charge is -2.33. The monoisotopic (exact) mass is 198 g/mol. The molecule has 1 saturated carbocycles. The van der Waals surface area contributed by atoms with Crippen molar-refractivity contribution in [1.29, 1.82) is 0 Å². The molecule has 14 heavy (non-hydrogen) atoms. The Hall–Kier alpha value is -0.570. The first-order chi connectivity index (χ1) is 6.41. The van der Waals surface area contributed by atoms with Crippen LogP contribution in [0.2, 0.25) is 0 Å². The molecule has 0 spiro atoms. The highest BCUT2D eigenvalue weighted by molar-refractivity contribution is 5.86. The van der Waals surface area contributed by atoms with Gasteiger partial charge in [-0.25, -0.2) is 0 Å². The molecule has 82 valence electrons. The second-order valence-electron chi connectivity index (χ2n) is 4.74. The van der Waals surface area contributed by atoms with E-state index in [0.717, 1.165) is 19.4 Å². The molecule has 1 fully saturated rings. The number of rotatable bonds is 4. The zero-order valence-corrected chi connectivity index (χ0v) is 9.71. The molecule has 1 atom stereocenters. The van der Waals surface area contributed by atoms with Gasteiger partial charge < -0.3 is 10.6 Å². The molecule has 0 aromatic carbocycles. The first kappa shape index (κ1) is 11.5. The van der Waals surface area contributed by atoms with Crippen LogP contribution in [-0.4, -0.2) is 28.9 Å². The predicted molar refractivity (Wildman–Crippen MR) is 57.8 cm³/mol. The fourth-order valence-corrected chi connectivity index (χ4v) is 1.91. The maximum absolute atomic E-state index is 12.1. The Kier molecular flexibility index (Phi) is 3.20. The second kappa shape index (κ2) is 3.89. The molecule has 0 aliphatic heterocycles. The molecule has 0 bridgehead atoms. The lowest BCUT2D eigenvalue weighted by atomic mass is 9.95. The highest BCUT2D eigenvalue weighted by Crippen LogP contribution is 2.39. The van der Waals surface area contributed by atoms with Gasteiger partial charge in [-0.15, -0.1) is 0 Å². The van der Waals surface area contributed by atoms with E-state index in [1.807, 2.05) is 32.6 Å². The van der Waals surface area contributed by atoms with Crippen molar-refractivity contribution in [2.24, 2.45) is 11.7 Å². The SMILES string of the molecule is CCN(C(=O)C(C)(N)C1CC1)C(C)C. The summed E-state index contributed by atoms with van der Waals surface area (Å²) in [5.74, 6) is 0.514. The Labute approximate surface area is 86.6 Å². The standard InChI is InChI=1S/C11H22N2O/c1-5-13(8(2)3)10(14)11(4,12)9-6-7-9/h8-9H,5-7,12H2,1-4H3. The van der Waals surface area contributed by atoms with Gasteiger partial charge >= 0.3 is 0 Å². The fourth-order valence-electron chi connectivity index (χ4n) is 1.91. The van der Waals surface area contributed by atoms with Gasteiger partial charge in [0.15, 0.2) is 0 Å². The molecule has 1 rings (SSSR count). The molecule has 0 radical (unpaired) electrons. The lowest BCUT2D eigenvalue weighted by molar-refractivity contribution is -0.138. The summed E-state index contributed by atoms with van der Waals surface area (Å²) in [5.41, 5.74) is 5.45. The zero-order chi connectivity index (χ0) is 10.9. The van der Waals surface area contributed by atoms with Gasteiger partial charge in [0.25, 0.3) is 0 Å². The number of carbonyl (C=O) groups is 1. The van der Waals surface area contributed by atoms with Crippen LogP contribution in [0.5, 0.6) is 0 Å². The van der Waals surface area contributed by atoms with E-state index < -0.39 is 5.54 Å². The Balaban J connectivity index is 2.70. The molecular weight excluding hydrogens is 176 g/mol. The first-order valence-corrected chi connectivity index (χ1v) is 5.51. The molecule has 0 saturated heterocycles. The van der Waals surface area contributed by atoms with Crippen molar-refractivity contribution in [2.75, 3.05) is 6.54 Å². The smallest absolute Gasteiger partial charge is 0.242 e. The molecule has 1 aliphatic carbocycles. The van der Waals surface area contributed by atoms with Gasteiger partial charge in [0, 0.05) is 12.6 Å². The summed E-state index contributed by atoms with van der Waals surface area (Å²) < 4.78 is 0. The van der Waals surface area contributed by atoms with Crippen molar-refractivity contribution in [3.8, 4) is 0 Å². The summed E-state index contributed by atoms with van der Waals surface area (Å²) in [6, 6.07) is 0.245. The highest BCUT2D eigenvalue weighted by atomic mass is 16.2. The van der Waals surface area contributed by atoms with Gasteiger partial charge in [0.1, 0.15) is 0 Å². The zero-order valence-electron chi connectivity index (χ0n) is 9.71. The molecule has 0 aromatic rings. The Bertz CT molecular complexity index is 219. The van der Waals surface area contributed by atoms with Crippen molar-refractivity contribution >= 4 is 5.91 Å². The molecular formula is C11H22N2O. The van der Waals surface area contributed by atoms with E-state index in [2.05, 4.69) is 0 Å². The minimum Gasteiger partial charge on any atom is -0.339 e. The maximum Gasteiger partial charge on any atom is 0.242 e. The molecule has 1 amide bonds. The van der Waals surface area contributed by atoms with Crippen LogP contribution in [-0.2, 0) is 4.79 Å². The topological polar surface area (TPSA) is 46.3 Å². The van der Waals surface area contributed by atoms with Crippen molar-refractivity contribution in [3.63, 3.8) is 0 Å². The minimum atomic E-state index is -0.639. The van der Waals surface area contributed by atoms with Gasteiger partial charge in [0.2, 0.25) is 5.91 Å². The number of nitrogens with two attached hydrogens (primary N) is 1. The van der Waals surface area contributed by atoms with Gasteiger partial charge in [-0.3, -0.25) is 4.79 Å². The molecule has 1 aliphatic rings.